The fourth-order valence-corrected chi connectivity index (χ4v) is 1.57. The SMILES string of the molecule is CC(C)(C)C#CC(c1ccccn1)C(C)(C)C. The van der Waals surface area contributed by atoms with Crippen molar-refractivity contribution in [1.82, 2.24) is 4.98 Å². The zero-order valence-corrected chi connectivity index (χ0v) is 11.8. The van der Waals surface area contributed by atoms with Crippen molar-refractivity contribution in [2.45, 2.75) is 47.5 Å². The molecule has 0 aliphatic rings. The lowest BCUT2D eigenvalue weighted by molar-refractivity contribution is 0.369. The van der Waals surface area contributed by atoms with E-state index in [2.05, 4.69) is 64.4 Å². The molecule has 0 bridgehead atoms. The topological polar surface area (TPSA) is 12.9 Å². The molecule has 92 valence electrons. The van der Waals surface area contributed by atoms with Gasteiger partial charge in [0.2, 0.25) is 0 Å². The molecule has 17 heavy (non-hydrogen) atoms. The van der Waals surface area contributed by atoms with Gasteiger partial charge >= 0.3 is 0 Å². The van der Waals surface area contributed by atoms with Gasteiger partial charge in [0.05, 0.1) is 11.6 Å². The van der Waals surface area contributed by atoms with Gasteiger partial charge in [0.15, 0.2) is 0 Å². The average molecular weight is 229 g/mol. The number of pyridine rings is 1. The van der Waals surface area contributed by atoms with E-state index in [9.17, 15) is 0 Å². The molecule has 1 rings (SSSR count). The van der Waals surface area contributed by atoms with E-state index in [4.69, 9.17) is 0 Å². The summed E-state index contributed by atoms with van der Waals surface area (Å²) in [6.07, 6.45) is 1.84. The molecule has 0 amide bonds. The zero-order valence-electron chi connectivity index (χ0n) is 11.8. The molecule has 0 saturated carbocycles. The molecule has 0 fully saturated rings. The van der Waals surface area contributed by atoms with Gasteiger partial charge in [0.25, 0.3) is 0 Å². The second-order valence-electron chi connectivity index (χ2n) is 6.57. The highest BCUT2D eigenvalue weighted by Crippen LogP contribution is 2.33. The molecule has 0 saturated heterocycles. The van der Waals surface area contributed by atoms with Crippen LogP contribution in [0.4, 0.5) is 0 Å². The molecular weight excluding hydrogens is 206 g/mol. The Bertz CT molecular complexity index is 407. The van der Waals surface area contributed by atoms with Crippen LogP contribution >= 0.6 is 0 Å². The highest BCUT2D eigenvalue weighted by molar-refractivity contribution is 5.26. The van der Waals surface area contributed by atoms with E-state index in [-0.39, 0.29) is 16.7 Å². The molecule has 1 aromatic heterocycles. The van der Waals surface area contributed by atoms with Gasteiger partial charge in [-0.05, 0) is 38.3 Å². The first-order valence-corrected chi connectivity index (χ1v) is 6.14. The van der Waals surface area contributed by atoms with Crippen LogP contribution in [-0.4, -0.2) is 4.98 Å². The largest absolute Gasteiger partial charge is 0.260 e. The summed E-state index contributed by atoms with van der Waals surface area (Å²) in [5.74, 6) is 6.92. The molecule has 1 nitrogen and oxygen atoms in total. The summed E-state index contributed by atoms with van der Waals surface area (Å²) in [5, 5.41) is 0. The first kappa shape index (κ1) is 13.8. The number of nitrogens with zero attached hydrogens (tertiary/aromatic N) is 1. The maximum absolute atomic E-state index is 4.44. The van der Waals surface area contributed by atoms with Crippen LogP contribution in [0.3, 0.4) is 0 Å². The van der Waals surface area contributed by atoms with Crippen molar-refractivity contribution in [3.05, 3.63) is 30.1 Å². The molecule has 1 heteroatoms. The molecule has 1 aromatic rings. The normalized spacial score (nSPS) is 13.8. The van der Waals surface area contributed by atoms with E-state index in [1.807, 2.05) is 18.3 Å². The van der Waals surface area contributed by atoms with Gasteiger partial charge in [-0.25, -0.2) is 0 Å². The Morgan fingerprint density at radius 2 is 1.71 bits per heavy atom. The van der Waals surface area contributed by atoms with Crippen molar-refractivity contribution in [3.63, 3.8) is 0 Å². The van der Waals surface area contributed by atoms with E-state index < -0.39 is 0 Å². The predicted octanol–water partition coefficient (Wildman–Crippen LogP) is 4.26. The quantitative estimate of drug-likeness (QED) is 0.656. The lowest BCUT2D eigenvalue weighted by Crippen LogP contribution is -2.18. The molecule has 1 heterocycles. The van der Waals surface area contributed by atoms with Crippen LogP contribution in [0.15, 0.2) is 24.4 Å². The van der Waals surface area contributed by atoms with Crippen molar-refractivity contribution in [2.24, 2.45) is 10.8 Å². The van der Waals surface area contributed by atoms with Crippen molar-refractivity contribution >= 4 is 0 Å². The Hall–Kier alpha value is -1.29. The minimum atomic E-state index is 0.0400. The Balaban J connectivity index is 3.10. The molecule has 0 spiro atoms. The molecular formula is C16H23N. The molecule has 1 unspecified atom stereocenters. The Morgan fingerprint density at radius 1 is 1.06 bits per heavy atom. The fourth-order valence-electron chi connectivity index (χ4n) is 1.57. The highest BCUT2D eigenvalue weighted by atomic mass is 14.7. The maximum Gasteiger partial charge on any atom is 0.0673 e. The summed E-state index contributed by atoms with van der Waals surface area (Å²) in [7, 11) is 0. The minimum absolute atomic E-state index is 0.0400. The number of hydrogen-bond acceptors (Lipinski definition) is 1. The van der Waals surface area contributed by atoms with Crippen LogP contribution < -0.4 is 0 Å². The van der Waals surface area contributed by atoms with E-state index >= 15 is 0 Å². The standard InChI is InChI=1S/C16H23N/c1-15(2,3)11-10-13(16(4,5)6)14-9-7-8-12-17-14/h7-9,12-13H,1-6H3. The number of aromatic nitrogens is 1. The van der Waals surface area contributed by atoms with Crippen molar-refractivity contribution in [1.29, 1.82) is 0 Å². The van der Waals surface area contributed by atoms with Gasteiger partial charge in [0.1, 0.15) is 0 Å². The average Bonchev–Trinajstić information content (AvgIpc) is 2.15. The van der Waals surface area contributed by atoms with Gasteiger partial charge in [-0.3, -0.25) is 4.98 Å². The lowest BCUT2D eigenvalue weighted by atomic mass is 9.78. The molecule has 1 atom stereocenters. The third-order valence-corrected chi connectivity index (χ3v) is 2.44. The van der Waals surface area contributed by atoms with Gasteiger partial charge in [-0.15, -0.1) is 0 Å². The summed E-state index contributed by atoms with van der Waals surface area (Å²) in [6.45, 7) is 13.0. The van der Waals surface area contributed by atoms with E-state index in [1.165, 1.54) is 0 Å². The van der Waals surface area contributed by atoms with Gasteiger partial charge < -0.3 is 0 Å². The number of hydrogen-bond donors (Lipinski definition) is 0. The predicted molar refractivity (Wildman–Crippen MR) is 73.7 cm³/mol. The first-order chi connectivity index (χ1) is 7.70. The summed E-state index contributed by atoms with van der Waals surface area (Å²) in [6, 6.07) is 6.04. The van der Waals surface area contributed by atoms with Gasteiger partial charge in [-0.2, -0.15) is 0 Å². The minimum Gasteiger partial charge on any atom is -0.260 e. The van der Waals surface area contributed by atoms with Crippen LogP contribution in [0.1, 0.15) is 53.2 Å². The smallest absolute Gasteiger partial charge is 0.0673 e. The third kappa shape index (κ3) is 4.61. The van der Waals surface area contributed by atoms with Crippen LogP contribution in [0.25, 0.3) is 0 Å². The van der Waals surface area contributed by atoms with E-state index in [1.54, 1.807) is 0 Å². The van der Waals surface area contributed by atoms with Crippen LogP contribution in [0, 0.1) is 22.7 Å². The van der Waals surface area contributed by atoms with Gasteiger partial charge in [0, 0.05) is 11.6 Å². The summed E-state index contributed by atoms with van der Waals surface area (Å²) in [5.41, 5.74) is 1.21. The first-order valence-electron chi connectivity index (χ1n) is 6.14. The molecule has 0 radical (unpaired) electrons. The van der Waals surface area contributed by atoms with Crippen LogP contribution in [-0.2, 0) is 0 Å². The number of rotatable bonds is 1. The molecule has 0 aromatic carbocycles. The van der Waals surface area contributed by atoms with E-state index in [0.717, 1.165) is 5.69 Å². The molecule has 0 aliphatic heterocycles. The van der Waals surface area contributed by atoms with Crippen molar-refractivity contribution < 1.29 is 0 Å². The zero-order chi connectivity index (χ0) is 13.1. The maximum atomic E-state index is 4.44. The monoisotopic (exact) mass is 229 g/mol. The van der Waals surface area contributed by atoms with Crippen LogP contribution in [0.5, 0.6) is 0 Å². The molecule has 0 aliphatic carbocycles. The fraction of sp³-hybridized carbons (Fsp3) is 0.562. The summed E-state index contributed by atoms with van der Waals surface area (Å²) < 4.78 is 0. The molecule has 0 N–H and O–H groups in total. The van der Waals surface area contributed by atoms with Gasteiger partial charge in [-0.1, -0.05) is 38.7 Å². The van der Waals surface area contributed by atoms with Crippen LogP contribution in [0.2, 0.25) is 0 Å². The third-order valence-electron chi connectivity index (χ3n) is 2.44. The highest BCUT2D eigenvalue weighted by Gasteiger charge is 2.25. The Kier molecular flexibility index (Phi) is 3.98. The summed E-state index contributed by atoms with van der Waals surface area (Å²) >= 11 is 0. The van der Waals surface area contributed by atoms with E-state index in [0.29, 0.717) is 0 Å². The van der Waals surface area contributed by atoms with Crippen molar-refractivity contribution in [2.75, 3.05) is 0 Å². The second kappa shape index (κ2) is 4.92. The Labute approximate surface area is 106 Å². The Morgan fingerprint density at radius 3 is 2.12 bits per heavy atom. The van der Waals surface area contributed by atoms with Crippen molar-refractivity contribution in [3.8, 4) is 11.8 Å². The summed E-state index contributed by atoms with van der Waals surface area (Å²) in [4.78, 5) is 4.44. The lowest BCUT2D eigenvalue weighted by Gasteiger charge is -2.26. The second-order valence-corrected chi connectivity index (χ2v) is 6.57.